The van der Waals surface area contributed by atoms with Crippen LogP contribution in [-0.2, 0) is 5.41 Å². The maximum absolute atomic E-state index is 5.98. The number of benzene rings is 1. The molecule has 0 atom stereocenters. The van der Waals surface area contributed by atoms with Gasteiger partial charge in [-0.25, -0.2) is 0 Å². The highest BCUT2D eigenvalue weighted by Gasteiger charge is 2.48. The van der Waals surface area contributed by atoms with Crippen LogP contribution in [0, 0.1) is 0 Å². The number of hydrogen-bond donors (Lipinski definition) is 1. The monoisotopic (exact) mass is 231 g/mol. The number of hydrogen-bond acceptors (Lipinski definition) is 3. The van der Waals surface area contributed by atoms with Crippen molar-refractivity contribution in [3.63, 3.8) is 0 Å². The van der Waals surface area contributed by atoms with E-state index >= 15 is 0 Å². The van der Waals surface area contributed by atoms with E-state index in [2.05, 4.69) is 12.1 Å². The van der Waals surface area contributed by atoms with Gasteiger partial charge in [0.05, 0.1) is 0 Å². The highest BCUT2D eigenvalue weighted by atomic mass is 16.7. The molecule has 90 valence electrons. The maximum Gasteiger partial charge on any atom is 0.251 e. The summed E-state index contributed by atoms with van der Waals surface area (Å²) in [6.07, 6.45) is 5.63. The molecule has 4 rings (SSSR count). The van der Waals surface area contributed by atoms with Gasteiger partial charge in [0, 0.05) is 24.8 Å². The van der Waals surface area contributed by atoms with Crippen LogP contribution >= 0.6 is 0 Å². The van der Waals surface area contributed by atoms with E-state index in [1.54, 1.807) is 0 Å². The lowest BCUT2D eigenvalue weighted by molar-refractivity contribution is -0.138. The first-order chi connectivity index (χ1) is 8.25. The van der Waals surface area contributed by atoms with Crippen molar-refractivity contribution < 1.29 is 9.47 Å². The molecule has 3 heteroatoms. The molecule has 2 fully saturated rings. The molecule has 1 aromatic carbocycles. The molecule has 0 aromatic heterocycles. The fourth-order valence-electron chi connectivity index (χ4n) is 2.85. The molecule has 2 aliphatic carbocycles. The first-order valence-corrected chi connectivity index (χ1v) is 6.48. The molecular weight excluding hydrogens is 214 g/mol. The molecule has 3 nitrogen and oxygen atoms in total. The van der Waals surface area contributed by atoms with E-state index in [4.69, 9.17) is 15.2 Å². The molecule has 1 spiro atoms. The highest BCUT2D eigenvalue weighted by Crippen LogP contribution is 2.52. The van der Waals surface area contributed by atoms with Crippen LogP contribution in [0.2, 0.25) is 0 Å². The molecule has 2 saturated carbocycles. The lowest BCUT2D eigenvalue weighted by Crippen LogP contribution is -2.45. The van der Waals surface area contributed by atoms with Crippen molar-refractivity contribution in [1.29, 1.82) is 0 Å². The fourth-order valence-corrected chi connectivity index (χ4v) is 2.85. The lowest BCUT2D eigenvalue weighted by Gasteiger charge is -2.35. The van der Waals surface area contributed by atoms with Crippen molar-refractivity contribution in [2.45, 2.75) is 43.3 Å². The molecule has 1 aromatic rings. The molecule has 0 bridgehead atoms. The molecule has 0 radical (unpaired) electrons. The Morgan fingerprint density at radius 1 is 1.06 bits per heavy atom. The minimum absolute atomic E-state index is 0.230. The van der Waals surface area contributed by atoms with Gasteiger partial charge in [0.1, 0.15) is 0 Å². The van der Waals surface area contributed by atoms with E-state index in [1.165, 1.54) is 24.8 Å². The molecule has 2 N–H and O–H groups in total. The molecule has 3 aliphatic rings. The molecular formula is C14H17NO2. The van der Waals surface area contributed by atoms with Crippen LogP contribution in [-0.4, -0.2) is 12.3 Å². The number of fused-ring (bicyclic) bond motifs is 1. The predicted octanol–water partition coefficient (Wildman–Crippen LogP) is 2.33. The summed E-state index contributed by atoms with van der Waals surface area (Å²) in [5, 5.41) is 0. The van der Waals surface area contributed by atoms with Crippen molar-refractivity contribution in [2.24, 2.45) is 5.73 Å². The van der Waals surface area contributed by atoms with Crippen LogP contribution in [0.25, 0.3) is 0 Å². The molecule has 0 saturated heterocycles. The Hall–Kier alpha value is -1.22. The van der Waals surface area contributed by atoms with Gasteiger partial charge in [-0.15, -0.1) is 0 Å². The third-order valence-electron chi connectivity index (χ3n) is 4.51. The second-order valence-electron chi connectivity index (χ2n) is 5.61. The summed E-state index contributed by atoms with van der Waals surface area (Å²) in [4.78, 5) is 0. The fraction of sp³-hybridized carbons (Fsp3) is 0.571. The second-order valence-corrected chi connectivity index (χ2v) is 5.61. The van der Waals surface area contributed by atoms with Crippen molar-refractivity contribution >= 4 is 0 Å². The summed E-state index contributed by atoms with van der Waals surface area (Å²) in [6.45, 7) is 0.734. The minimum atomic E-state index is -0.319. The van der Waals surface area contributed by atoms with Crippen molar-refractivity contribution in [3.05, 3.63) is 23.8 Å². The van der Waals surface area contributed by atoms with Crippen LogP contribution < -0.4 is 15.2 Å². The molecule has 0 unspecified atom stereocenters. The van der Waals surface area contributed by atoms with Gasteiger partial charge in [-0.05, 0) is 37.0 Å². The summed E-state index contributed by atoms with van der Waals surface area (Å²) in [5.41, 5.74) is 7.41. The van der Waals surface area contributed by atoms with Crippen LogP contribution in [0.15, 0.2) is 18.2 Å². The van der Waals surface area contributed by atoms with Crippen molar-refractivity contribution in [2.75, 3.05) is 6.54 Å². The molecule has 1 heterocycles. The number of nitrogens with two attached hydrogens (primary N) is 1. The van der Waals surface area contributed by atoms with E-state index in [9.17, 15) is 0 Å². The lowest BCUT2D eigenvalue weighted by atomic mass is 9.91. The van der Waals surface area contributed by atoms with E-state index in [0.29, 0.717) is 0 Å². The number of ether oxygens (including phenoxy) is 2. The summed E-state index contributed by atoms with van der Waals surface area (Å²) in [7, 11) is 0. The third-order valence-corrected chi connectivity index (χ3v) is 4.51. The van der Waals surface area contributed by atoms with E-state index < -0.39 is 0 Å². The normalized spacial score (nSPS) is 25.7. The summed E-state index contributed by atoms with van der Waals surface area (Å²) < 4.78 is 11.9. The summed E-state index contributed by atoms with van der Waals surface area (Å²) >= 11 is 0. The van der Waals surface area contributed by atoms with Gasteiger partial charge < -0.3 is 15.2 Å². The minimum Gasteiger partial charge on any atom is -0.448 e. The zero-order valence-electron chi connectivity index (χ0n) is 9.87. The number of rotatable bonds is 2. The van der Waals surface area contributed by atoms with Gasteiger partial charge in [-0.2, -0.15) is 0 Å². The zero-order valence-corrected chi connectivity index (χ0v) is 9.87. The van der Waals surface area contributed by atoms with Crippen molar-refractivity contribution in [3.8, 4) is 11.5 Å². The molecule has 17 heavy (non-hydrogen) atoms. The molecule has 0 amide bonds. The Bertz CT molecular complexity index is 475. The topological polar surface area (TPSA) is 44.5 Å². The average molecular weight is 231 g/mol. The average Bonchev–Trinajstić information content (AvgIpc) is 3.00. The Morgan fingerprint density at radius 3 is 2.41 bits per heavy atom. The Kier molecular flexibility index (Phi) is 1.70. The third kappa shape index (κ3) is 1.26. The van der Waals surface area contributed by atoms with Gasteiger partial charge in [0.15, 0.2) is 11.5 Å². The zero-order chi connectivity index (χ0) is 11.5. The van der Waals surface area contributed by atoms with Crippen LogP contribution in [0.5, 0.6) is 11.5 Å². The SMILES string of the molecule is NCC1(c2ccc3c(c2)OC2(CCC2)O3)CC1. The first-order valence-electron chi connectivity index (χ1n) is 6.48. The Morgan fingerprint density at radius 2 is 1.82 bits per heavy atom. The van der Waals surface area contributed by atoms with Crippen LogP contribution in [0.3, 0.4) is 0 Å². The van der Waals surface area contributed by atoms with Gasteiger partial charge in [0.2, 0.25) is 0 Å². The van der Waals surface area contributed by atoms with E-state index in [1.807, 2.05) is 6.07 Å². The second kappa shape index (κ2) is 2.96. The smallest absolute Gasteiger partial charge is 0.251 e. The van der Waals surface area contributed by atoms with Crippen molar-refractivity contribution in [1.82, 2.24) is 0 Å². The van der Waals surface area contributed by atoms with Gasteiger partial charge in [-0.1, -0.05) is 6.07 Å². The van der Waals surface area contributed by atoms with Gasteiger partial charge in [-0.3, -0.25) is 0 Å². The highest BCUT2D eigenvalue weighted by molar-refractivity contribution is 5.49. The van der Waals surface area contributed by atoms with Crippen LogP contribution in [0.4, 0.5) is 0 Å². The molecule has 1 aliphatic heterocycles. The Labute approximate surface area is 101 Å². The van der Waals surface area contributed by atoms with E-state index in [-0.39, 0.29) is 11.2 Å². The summed E-state index contributed by atoms with van der Waals surface area (Å²) in [6, 6.07) is 6.34. The van der Waals surface area contributed by atoms with E-state index in [0.717, 1.165) is 30.9 Å². The quantitative estimate of drug-likeness (QED) is 0.849. The Balaban J connectivity index is 1.68. The van der Waals surface area contributed by atoms with Gasteiger partial charge >= 0.3 is 0 Å². The van der Waals surface area contributed by atoms with Gasteiger partial charge in [0.25, 0.3) is 5.79 Å². The first kappa shape index (κ1) is 9.77. The largest absolute Gasteiger partial charge is 0.448 e. The van der Waals surface area contributed by atoms with Crippen LogP contribution in [0.1, 0.15) is 37.7 Å². The standard InChI is InChI=1S/C14H17NO2/c15-9-13(6-7-13)10-2-3-11-12(8-10)17-14(16-11)4-1-5-14/h2-3,8H,1,4-7,9,15H2. The summed E-state index contributed by atoms with van der Waals surface area (Å²) in [5.74, 6) is 1.50. The maximum atomic E-state index is 5.98. The predicted molar refractivity (Wildman–Crippen MR) is 64.2 cm³/mol.